The standard InChI is InChI=1S/C15H25N3O/c1-4-7-16-12(2)13-5-8-17-15(10-13)18(3)14-6-9-19-11-14/h5,8,10,12,14,16H,4,6-7,9,11H2,1-3H3. The Labute approximate surface area is 116 Å². The van der Waals surface area contributed by atoms with Crippen LogP contribution in [0.15, 0.2) is 18.3 Å². The molecule has 1 aromatic heterocycles. The van der Waals surface area contributed by atoms with Gasteiger partial charge in [-0.05, 0) is 44.0 Å². The number of aromatic nitrogens is 1. The third kappa shape index (κ3) is 3.67. The van der Waals surface area contributed by atoms with Crippen LogP contribution in [-0.2, 0) is 4.74 Å². The van der Waals surface area contributed by atoms with Crippen LogP contribution in [-0.4, -0.2) is 37.8 Å². The maximum atomic E-state index is 5.45. The van der Waals surface area contributed by atoms with Crippen molar-refractivity contribution in [2.75, 3.05) is 31.7 Å². The summed E-state index contributed by atoms with van der Waals surface area (Å²) < 4.78 is 5.45. The quantitative estimate of drug-likeness (QED) is 0.855. The van der Waals surface area contributed by atoms with Crippen molar-refractivity contribution >= 4 is 5.82 Å². The Morgan fingerprint density at radius 2 is 2.42 bits per heavy atom. The van der Waals surface area contributed by atoms with E-state index >= 15 is 0 Å². The van der Waals surface area contributed by atoms with E-state index in [-0.39, 0.29) is 0 Å². The number of ether oxygens (including phenoxy) is 1. The highest BCUT2D eigenvalue weighted by atomic mass is 16.5. The second-order valence-electron chi connectivity index (χ2n) is 5.25. The Balaban J connectivity index is 2.05. The van der Waals surface area contributed by atoms with Crippen molar-refractivity contribution in [1.29, 1.82) is 0 Å². The minimum Gasteiger partial charge on any atom is -0.379 e. The van der Waals surface area contributed by atoms with Gasteiger partial charge in [-0.15, -0.1) is 0 Å². The molecule has 4 nitrogen and oxygen atoms in total. The molecule has 1 aromatic rings. The van der Waals surface area contributed by atoms with Crippen LogP contribution in [0.3, 0.4) is 0 Å². The predicted octanol–water partition coefficient (Wildman–Crippen LogP) is 2.37. The average molecular weight is 263 g/mol. The monoisotopic (exact) mass is 263 g/mol. The summed E-state index contributed by atoms with van der Waals surface area (Å²) in [6.07, 6.45) is 4.15. The van der Waals surface area contributed by atoms with Gasteiger partial charge in [0.25, 0.3) is 0 Å². The first kappa shape index (κ1) is 14.3. The number of hydrogen-bond donors (Lipinski definition) is 1. The first-order chi connectivity index (χ1) is 9.22. The summed E-state index contributed by atoms with van der Waals surface area (Å²) in [5.74, 6) is 1.04. The highest BCUT2D eigenvalue weighted by Gasteiger charge is 2.21. The SMILES string of the molecule is CCCNC(C)c1ccnc(N(C)C2CCOC2)c1. The van der Waals surface area contributed by atoms with E-state index in [0.717, 1.165) is 38.4 Å². The van der Waals surface area contributed by atoms with Gasteiger partial charge in [0.2, 0.25) is 0 Å². The lowest BCUT2D eigenvalue weighted by atomic mass is 10.1. The third-order valence-corrected chi connectivity index (χ3v) is 3.78. The maximum absolute atomic E-state index is 5.45. The van der Waals surface area contributed by atoms with Crippen LogP contribution in [0.5, 0.6) is 0 Å². The van der Waals surface area contributed by atoms with Crippen molar-refractivity contribution in [3.8, 4) is 0 Å². The number of likely N-dealkylation sites (N-methyl/N-ethyl adjacent to an activating group) is 1. The summed E-state index contributed by atoms with van der Waals surface area (Å²) >= 11 is 0. The van der Waals surface area contributed by atoms with Crippen molar-refractivity contribution in [3.05, 3.63) is 23.9 Å². The van der Waals surface area contributed by atoms with E-state index in [1.54, 1.807) is 0 Å². The van der Waals surface area contributed by atoms with Crippen LogP contribution in [0.1, 0.15) is 38.3 Å². The summed E-state index contributed by atoms with van der Waals surface area (Å²) in [5.41, 5.74) is 1.30. The second kappa shape index (κ2) is 6.87. The van der Waals surface area contributed by atoms with Gasteiger partial charge in [-0.3, -0.25) is 0 Å². The Bertz CT molecular complexity index is 391. The molecular weight excluding hydrogens is 238 g/mol. The third-order valence-electron chi connectivity index (χ3n) is 3.78. The second-order valence-corrected chi connectivity index (χ2v) is 5.25. The van der Waals surface area contributed by atoms with Gasteiger partial charge in [0.1, 0.15) is 5.82 Å². The normalized spacial score (nSPS) is 20.5. The lowest BCUT2D eigenvalue weighted by Gasteiger charge is -2.25. The van der Waals surface area contributed by atoms with Gasteiger partial charge >= 0.3 is 0 Å². The molecule has 19 heavy (non-hydrogen) atoms. The molecule has 0 saturated carbocycles. The van der Waals surface area contributed by atoms with E-state index in [2.05, 4.69) is 48.2 Å². The van der Waals surface area contributed by atoms with Crippen LogP contribution in [0.25, 0.3) is 0 Å². The highest BCUT2D eigenvalue weighted by Crippen LogP contribution is 2.21. The molecule has 1 fully saturated rings. The molecule has 1 aliphatic rings. The molecule has 0 spiro atoms. The number of hydrogen-bond acceptors (Lipinski definition) is 4. The van der Waals surface area contributed by atoms with Crippen LogP contribution < -0.4 is 10.2 Å². The Hall–Kier alpha value is -1.13. The molecule has 0 amide bonds. The van der Waals surface area contributed by atoms with Crippen molar-refractivity contribution in [3.63, 3.8) is 0 Å². The number of rotatable bonds is 6. The summed E-state index contributed by atoms with van der Waals surface area (Å²) in [7, 11) is 2.11. The van der Waals surface area contributed by atoms with Crippen LogP contribution in [0.2, 0.25) is 0 Å². The Kier molecular flexibility index (Phi) is 5.16. The number of nitrogens with zero attached hydrogens (tertiary/aromatic N) is 2. The zero-order valence-electron chi connectivity index (χ0n) is 12.2. The first-order valence-corrected chi connectivity index (χ1v) is 7.22. The zero-order valence-corrected chi connectivity index (χ0v) is 12.2. The molecule has 0 bridgehead atoms. The molecule has 1 saturated heterocycles. The van der Waals surface area contributed by atoms with Crippen molar-refractivity contribution < 1.29 is 4.74 Å². The molecule has 1 aliphatic heterocycles. The van der Waals surface area contributed by atoms with Gasteiger partial charge in [0.15, 0.2) is 0 Å². The van der Waals surface area contributed by atoms with Crippen LogP contribution >= 0.6 is 0 Å². The molecule has 0 aliphatic carbocycles. The zero-order chi connectivity index (χ0) is 13.7. The average Bonchev–Trinajstić information content (AvgIpc) is 2.98. The smallest absolute Gasteiger partial charge is 0.128 e. The predicted molar refractivity (Wildman–Crippen MR) is 78.6 cm³/mol. The molecule has 2 unspecified atom stereocenters. The van der Waals surface area contributed by atoms with E-state index in [9.17, 15) is 0 Å². The van der Waals surface area contributed by atoms with Gasteiger partial charge < -0.3 is 15.0 Å². The molecule has 2 atom stereocenters. The summed E-state index contributed by atoms with van der Waals surface area (Å²) in [4.78, 5) is 6.73. The lowest BCUT2D eigenvalue weighted by molar-refractivity contribution is 0.193. The van der Waals surface area contributed by atoms with Gasteiger partial charge in [-0.25, -0.2) is 4.98 Å². The van der Waals surface area contributed by atoms with Crippen molar-refractivity contribution in [1.82, 2.24) is 10.3 Å². The largest absolute Gasteiger partial charge is 0.379 e. The van der Waals surface area contributed by atoms with Crippen molar-refractivity contribution in [2.45, 2.75) is 38.8 Å². The topological polar surface area (TPSA) is 37.4 Å². The minimum absolute atomic E-state index is 0.370. The molecular formula is C15H25N3O. The van der Waals surface area contributed by atoms with Gasteiger partial charge in [-0.1, -0.05) is 6.92 Å². The fraction of sp³-hybridized carbons (Fsp3) is 0.667. The molecule has 4 heteroatoms. The van der Waals surface area contributed by atoms with E-state index in [0.29, 0.717) is 12.1 Å². The molecule has 2 rings (SSSR count). The highest BCUT2D eigenvalue weighted by molar-refractivity contribution is 5.42. The van der Waals surface area contributed by atoms with Gasteiger partial charge in [0.05, 0.1) is 12.6 Å². The van der Waals surface area contributed by atoms with Gasteiger partial charge in [-0.2, -0.15) is 0 Å². The summed E-state index contributed by atoms with van der Waals surface area (Å²) in [6.45, 7) is 7.11. The van der Waals surface area contributed by atoms with E-state index in [1.807, 2.05) is 6.20 Å². The number of anilines is 1. The summed E-state index contributed by atoms with van der Waals surface area (Å²) in [5, 5.41) is 3.51. The van der Waals surface area contributed by atoms with Gasteiger partial charge in [0, 0.05) is 25.9 Å². The van der Waals surface area contributed by atoms with E-state index in [4.69, 9.17) is 4.74 Å². The Morgan fingerprint density at radius 3 is 3.11 bits per heavy atom. The molecule has 0 radical (unpaired) electrons. The van der Waals surface area contributed by atoms with Crippen LogP contribution in [0.4, 0.5) is 5.82 Å². The molecule has 1 N–H and O–H groups in total. The molecule has 2 heterocycles. The Morgan fingerprint density at radius 1 is 1.58 bits per heavy atom. The minimum atomic E-state index is 0.370. The van der Waals surface area contributed by atoms with E-state index in [1.165, 1.54) is 5.56 Å². The lowest BCUT2D eigenvalue weighted by Crippen LogP contribution is -2.32. The fourth-order valence-electron chi connectivity index (χ4n) is 2.39. The fourth-order valence-corrected chi connectivity index (χ4v) is 2.39. The molecule has 0 aromatic carbocycles. The first-order valence-electron chi connectivity index (χ1n) is 7.22. The number of pyridine rings is 1. The maximum Gasteiger partial charge on any atom is 0.128 e. The van der Waals surface area contributed by atoms with E-state index < -0.39 is 0 Å². The number of nitrogens with one attached hydrogen (secondary N) is 1. The van der Waals surface area contributed by atoms with Crippen molar-refractivity contribution in [2.24, 2.45) is 0 Å². The summed E-state index contributed by atoms with van der Waals surface area (Å²) in [6, 6.07) is 5.11. The van der Waals surface area contributed by atoms with Crippen LogP contribution in [0, 0.1) is 0 Å². The molecule has 106 valence electrons.